The molecule has 1 spiro atoms. The first-order valence-corrected chi connectivity index (χ1v) is 15.4. The minimum atomic E-state index is -0.201. The zero-order chi connectivity index (χ0) is 23.4. The molecule has 6 nitrogen and oxygen atoms in total. The van der Waals surface area contributed by atoms with Crippen LogP contribution in [0.4, 0.5) is 0 Å². The number of rotatable bonds is 2. The number of ether oxygens (including phenoxy) is 3. The Morgan fingerprint density at radius 1 is 1.03 bits per heavy atom. The van der Waals surface area contributed by atoms with Crippen molar-refractivity contribution in [1.29, 1.82) is 0 Å². The minimum absolute atomic E-state index is 0.0149. The summed E-state index contributed by atoms with van der Waals surface area (Å²) in [6.07, 6.45) is 12.7. The van der Waals surface area contributed by atoms with Crippen LogP contribution in [0.1, 0.15) is 76.1 Å². The lowest BCUT2D eigenvalue weighted by molar-refractivity contribution is -0.154. The summed E-state index contributed by atoms with van der Waals surface area (Å²) in [5, 5.41) is 8.44. The molecule has 8 atom stereocenters. The van der Waals surface area contributed by atoms with Crippen molar-refractivity contribution in [3.63, 3.8) is 0 Å². The third kappa shape index (κ3) is 3.53. The fourth-order valence-electron chi connectivity index (χ4n) is 8.69. The van der Waals surface area contributed by atoms with E-state index < -0.39 is 0 Å². The fraction of sp³-hybridized carbons (Fsp3) is 0.852. The van der Waals surface area contributed by atoms with Gasteiger partial charge in [0.2, 0.25) is 0 Å². The first-order chi connectivity index (χ1) is 16.6. The third-order valence-electron chi connectivity index (χ3n) is 10.3. The molecule has 5 fully saturated rings. The van der Waals surface area contributed by atoms with Gasteiger partial charge in [-0.15, -0.1) is 0 Å². The van der Waals surface area contributed by atoms with Crippen molar-refractivity contribution >= 4 is 22.6 Å². The highest BCUT2D eigenvalue weighted by Crippen LogP contribution is 2.73. The predicted octanol–water partition coefficient (Wildman–Crippen LogP) is 5.13. The lowest BCUT2D eigenvalue weighted by Gasteiger charge is -2.57. The van der Waals surface area contributed by atoms with Crippen LogP contribution < -0.4 is 0 Å². The Kier molecular flexibility index (Phi) is 6.27. The summed E-state index contributed by atoms with van der Waals surface area (Å²) in [5.41, 5.74) is 2.35. The van der Waals surface area contributed by atoms with E-state index in [1.807, 2.05) is 4.93 Å². The number of aromatic nitrogens is 2. The van der Waals surface area contributed by atoms with E-state index in [0.29, 0.717) is 23.9 Å². The zero-order valence-electron chi connectivity index (χ0n) is 20.5. The van der Waals surface area contributed by atoms with Crippen LogP contribution in [0.3, 0.4) is 0 Å². The topological polar surface area (TPSA) is 69.9 Å². The summed E-state index contributed by atoms with van der Waals surface area (Å²) in [5.74, 6) is 9.74. The molecule has 7 heteroatoms. The quantitative estimate of drug-likeness (QED) is 0.209. The Bertz CT molecular complexity index is 967. The van der Waals surface area contributed by atoms with E-state index >= 15 is 0 Å². The average molecular weight is 581 g/mol. The Balaban J connectivity index is 0.00000106. The van der Waals surface area contributed by atoms with Gasteiger partial charge in [-0.2, -0.15) is 0 Å². The molecule has 7 rings (SSSR count). The summed E-state index contributed by atoms with van der Waals surface area (Å²) in [6.45, 7) is 3.80. The van der Waals surface area contributed by atoms with Crippen LogP contribution in [-0.4, -0.2) is 45.9 Å². The Labute approximate surface area is 216 Å². The molecule has 0 aromatic carbocycles. The first kappa shape index (κ1) is 23.7. The summed E-state index contributed by atoms with van der Waals surface area (Å²) in [7, 11) is 0. The van der Waals surface area contributed by atoms with E-state index in [1.54, 1.807) is 0 Å². The Morgan fingerprint density at radius 2 is 1.88 bits per heavy atom. The fourth-order valence-corrected chi connectivity index (χ4v) is 8.69. The number of epoxide rings is 1. The molecular formula is C27H37IN2O4. The van der Waals surface area contributed by atoms with E-state index in [1.165, 1.54) is 32.1 Å². The SMILES string of the molecule is CC12Cc3nonc3C[C@@H]1CCC1C2CCC23O[C@@]2(C#CCOC2CCCCO2)CCC13.CI. The summed E-state index contributed by atoms with van der Waals surface area (Å²) in [6, 6.07) is 0. The van der Waals surface area contributed by atoms with Crippen LogP contribution >= 0.6 is 22.6 Å². The highest BCUT2D eigenvalue weighted by Gasteiger charge is 2.79. The predicted molar refractivity (Wildman–Crippen MR) is 135 cm³/mol. The molecule has 6 unspecified atom stereocenters. The van der Waals surface area contributed by atoms with Gasteiger partial charge in [0.05, 0.1) is 0 Å². The second kappa shape index (κ2) is 9.00. The smallest absolute Gasteiger partial charge is 0.158 e. The summed E-state index contributed by atoms with van der Waals surface area (Å²) in [4.78, 5) is 1.97. The van der Waals surface area contributed by atoms with Crippen LogP contribution in [0.25, 0.3) is 0 Å². The number of fused-ring (bicyclic) bond motifs is 5. The maximum Gasteiger partial charge on any atom is 0.158 e. The molecule has 1 aromatic heterocycles. The molecule has 6 aliphatic rings. The van der Waals surface area contributed by atoms with Crippen molar-refractivity contribution in [2.45, 2.75) is 95.0 Å². The number of hydrogen-bond acceptors (Lipinski definition) is 6. The number of halogens is 1. The zero-order valence-corrected chi connectivity index (χ0v) is 22.6. The van der Waals surface area contributed by atoms with Gasteiger partial charge in [0.1, 0.15) is 23.6 Å². The second-order valence-electron chi connectivity index (χ2n) is 11.5. The monoisotopic (exact) mass is 580 g/mol. The lowest BCUT2D eigenvalue weighted by atomic mass is 9.47. The minimum Gasteiger partial charge on any atom is -0.353 e. The molecule has 186 valence electrons. The third-order valence-corrected chi connectivity index (χ3v) is 10.3. The van der Waals surface area contributed by atoms with Gasteiger partial charge in [-0.3, -0.25) is 0 Å². The maximum absolute atomic E-state index is 6.59. The highest BCUT2D eigenvalue weighted by atomic mass is 127. The van der Waals surface area contributed by atoms with Gasteiger partial charge in [-0.1, -0.05) is 51.7 Å². The van der Waals surface area contributed by atoms with Crippen LogP contribution in [0.15, 0.2) is 4.63 Å². The van der Waals surface area contributed by atoms with E-state index in [0.717, 1.165) is 68.4 Å². The van der Waals surface area contributed by atoms with Gasteiger partial charge < -0.3 is 14.2 Å². The lowest BCUT2D eigenvalue weighted by Crippen LogP contribution is -2.54. The van der Waals surface area contributed by atoms with Gasteiger partial charge in [0.25, 0.3) is 0 Å². The molecule has 0 N–H and O–H groups in total. The van der Waals surface area contributed by atoms with Gasteiger partial charge in [0, 0.05) is 13.0 Å². The summed E-state index contributed by atoms with van der Waals surface area (Å²) < 4.78 is 23.2. The van der Waals surface area contributed by atoms with Gasteiger partial charge in [-0.05, 0) is 98.2 Å². The van der Waals surface area contributed by atoms with E-state index in [2.05, 4.69) is 51.7 Å². The molecule has 3 saturated carbocycles. The number of hydrogen-bond donors (Lipinski definition) is 0. The standard InChI is InChI=1S/C26H34N2O4.CH3I/c1-24-16-22-21(27-32-28-22)15-17(24)6-7-18-19(24)9-12-26-20(18)8-11-25(26,31-26)10-4-14-30-23-5-2-3-13-29-23;1-2/h17-20,23H,2-3,5-9,11-16H2,1H3;1H3/t17-,18?,19?,20?,23?,24?,25-,26?;/m0./s1. The van der Waals surface area contributed by atoms with Crippen LogP contribution in [-0.2, 0) is 27.1 Å². The van der Waals surface area contributed by atoms with Crippen molar-refractivity contribution in [3.05, 3.63) is 11.4 Å². The number of alkyl halides is 1. The highest BCUT2D eigenvalue weighted by molar-refractivity contribution is 14.1. The van der Waals surface area contributed by atoms with Crippen molar-refractivity contribution < 1.29 is 18.8 Å². The molecule has 3 heterocycles. The van der Waals surface area contributed by atoms with Crippen molar-refractivity contribution in [3.8, 4) is 11.8 Å². The molecule has 0 radical (unpaired) electrons. The van der Waals surface area contributed by atoms with Gasteiger partial charge in [-0.25, -0.2) is 4.63 Å². The summed E-state index contributed by atoms with van der Waals surface area (Å²) >= 11 is 2.15. The van der Waals surface area contributed by atoms with Crippen molar-refractivity contribution in [2.75, 3.05) is 18.1 Å². The molecule has 4 aliphatic carbocycles. The largest absolute Gasteiger partial charge is 0.353 e. The average Bonchev–Trinajstić information content (AvgIpc) is 3.13. The molecule has 0 amide bonds. The van der Waals surface area contributed by atoms with E-state index in [-0.39, 0.29) is 17.5 Å². The number of nitrogens with zero attached hydrogens (tertiary/aromatic N) is 2. The van der Waals surface area contributed by atoms with Crippen molar-refractivity contribution in [1.82, 2.24) is 10.3 Å². The molecule has 34 heavy (non-hydrogen) atoms. The van der Waals surface area contributed by atoms with Crippen LogP contribution in [0.2, 0.25) is 0 Å². The normalized spacial score (nSPS) is 45.7. The molecule has 2 aliphatic heterocycles. The maximum atomic E-state index is 6.59. The van der Waals surface area contributed by atoms with Crippen molar-refractivity contribution in [2.24, 2.45) is 29.1 Å². The van der Waals surface area contributed by atoms with Gasteiger partial charge in [0.15, 0.2) is 11.9 Å². The molecule has 1 aromatic rings. The Morgan fingerprint density at radius 3 is 2.74 bits per heavy atom. The first-order valence-electron chi connectivity index (χ1n) is 13.3. The second-order valence-corrected chi connectivity index (χ2v) is 11.5. The van der Waals surface area contributed by atoms with E-state index in [9.17, 15) is 0 Å². The molecular weight excluding hydrogens is 543 g/mol. The van der Waals surface area contributed by atoms with Crippen LogP contribution in [0, 0.1) is 40.9 Å². The van der Waals surface area contributed by atoms with E-state index in [4.69, 9.17) is 18.8 Å². The molecule has 0 bridgehead atoms. The molecule has 2 saturated heterocycles. The van der Waals surface area contributed by atoms with Crippen LogP contribution in [0.5, 0.6) is 0 Å². The Hall–Kier alpha value is -0.690. The van der Waals surface area contributed by atoms with Gasteiger partial charge >= 0.3 is 0 Å².